The van der Waals surface area contributed by atoms with E-state index in [1.165, 1.54) is 5.56 Å². The molecule has 4 rings (SSSR count). The Morgan fingerprint density at radius 2 is 1.73 bits per heavy atom. The summed E-state index contributed by atoms with van der Waals surface area (Å²) in [5.74, 6) is -0.754. The van der Waals surface area contributed by atoms with Gasteiger partial charge in [0.25, 0.3) is 0 Å². The average molecular weight is 500 g/mol. The van der Waals surface area contributed by atoms with Crippen LogP contribution in [0.15, 0.2) is 63.8 Å². The van der Waals surface area contributed by atoms with Crippen molar-refractivity contribution >= 4 is 45.7 Å². The van der Waals surface area contributed by atoms with Crippen molar-refractivity contribution in [3.8, 4) is 0 Å². The van der Waals surface area contributed by atoms with E-state index in [4.69, 9.17) is 9.52 Å². The van der Waals surface area contributed by atoms with Gasteiger partial charge in [-0.3, -0.25) is 4.79 Å². The highest BCUT2D eigenvalue weighted by Crippen LogP contribution is 2.22. The van der Waals surface area contributed by atoms with Crippen LogP contribution in [-0.4, -0.2) is 24.2 Å². The predicted octanol–water partition coefficient (Wildman–Crippen LogP) is 6.20. The summed E-state index contributed by atoms with van der Waals surface area (Å²) < 4.78 is 7.94. The number of nitrogens with zero attached hydrogens (tertiary/aromatic N) is 2. The predicted molar refractivity (Wildman–Crippen MR) is 150 cm³/mol. The molecule has 37 heavy (non-hydrogen) atoms. The van der Waals surface area contributed by atoms with E-state index in [1.807, 2.05) is 30.4 Å². The van der Waals surface area contributed by atoms with Gasteiger partial charge in [0.2, 0.25) is 11.2 Å². The second kappa shape index (κ2) is 11.9. The van der Waals surface area contributed by atoms with Crippen LogP contribution in [0.2, 0.25) is 0 Å². The molecule has 0 aliphatic rings. The fourth-order valence-electron chi connectivity index (χ4n) is 4.77. The highest BCUT2D eigenvalue weighted by Gasteiger charge is 2.15. The number of benzene rings is 2. The molecular formula is C31H35N2O4+. The molecular weight excluding hydrogens is 464 g/mol. The van der Waals surface area contributed by atoms with Crippen molar-refractivity contribution < 1.29 is 18.9 Å². The van der Waals surface area contributed by atoms with Crippen LogP contribution < -0.4 is 15.1 Å². The maximum atomic E-state index is 12.8. The number of rotatable bonds is 11. The van der Waals surface area contributed by atoms with Crippen LogP contribution >= 0.6 is 0 Å². The van der Waals surface area contributed by atoms with E-state index in [9.17, 15) is 9.59 Å². The second-order valence-corrected chi connectivity index (χ2v) is 9.39. The van der Waals surface area contributed by atoms with Gasteiger partial charge in [0.05, 0.1) is 5.56 Å². The standard InChI is InChI=1S/C31H34N2O4/c1-4-32(5-2)27-16-12-24-20-25(31(36)37-29(24)21-27)13-15-26-14-11-23-19-22(3)10-17-28(23)33(26)18-8-6-7-9-30(34)35/h10-17,19-21H,4-9,18H2,1-3H3/p+1. The Bertz CT molecular complexity index is 1500. The molecule has 0 saturated heterocycles. The van der Waals surface area contributed by atoms with Gasteiger partial charge in [-0.25, -0.2) is 4.79 Å². The Morgan fingerprint density at radius 3 is 2.49 bits per heavy atom. The Balaban J connectivity index is 1.65. The summed E-state index contributed by atoms with van der Waals surface area (Å²) in [5.41, 5.74) is 5.05. The molecule has 0 fully saturated rings. The van der Waals surface area contributed by atoms with Crippen LogP contribution in [0.3, 0.4) is 0 Å². The SMILES string of the molecule is CCN(CC)c1ccc2cc(/C=C/c3ccc4cc(C)ccc4[n+]3CCCCCC(=O)O)c(=O)oc2c1. The van der Waals surface area contributed by atoms with Gasteiger partial charge >= 0.3 is 11.6 Å². The minimum atomic E-state index is -0.754. The minimum Gasteiger partial charge on any atom is -0.481 e. The quantitative estimate of drug-likeness (QED) is 0.151. The van der Waals surface area contributed by atoms with Gasteiger partial charge in [0.15, 0.2) is 0 Å². The Hall–Kier alpha value is -3.93. The molecule has 6 nitrogen and oxygen atoms in total. The van der Waals surface area contributed by atoms with E-state index in [1.54, 1.807) is 0 Å². The van der Waals surface area contributed by atoms with Crippen molar-refractivity contribution in [2.75, 3.05) is 18.0 Å². The number of aliphatic carboxylic acids is 1. The maximum Gasteiger partial charge on any atom is 0.343 e. The van der Waals surface area contributed by atoms with Crippen LogP contribution in [0.1, 0.15) is 56.4 Å². The first kappa shape index (κ1) is 26.1. The number of anilines is 1. The van der Waals surface area contributed by atoms with Crippen LogP contribution in [0.4, 0.5) is 5.69 Å². The van der Waals surface area contributed by atoms with Gasteiger partial charge in [-0.2, -0.15) is 4.57 Å². The average Bonchev–Trinajstić information content (AvgIpc) is 2.88. The molecule has 0 unspecified atom stereocenters. The fourth-order valence-corrected chi connectivity index (χ4v) is 4.77. The lowest BCUT2D eigenvalue weighted by molar-refractivity contribution is -0.673. The Labute approximate surface area is 217 Å². The van der Waals surface area contributed by atoms with Crippen molar-refractivity contribution in [1.82, 2.24) is 0 Å². The lowest BCUT2D eigenvalue weighted by Crippen LogP contribution is -2.38. The lowest BCUT2D eigenvalue weighted by Gasteiger charge is -2.20. The summed E-state index contributed by atoms with van der Waals surface area (Å²) in [6.45, 7) is 8.83. The van der Waals surface area contributed by atoms with Gasteiger partial charge < -0.3 is 14.4 Å². The van der Waals surface area contributed by atoms with E-state index in [-0.39, 0.29) is 12.0 Å². The third-order valence-electron chi connectivity index (χ3n) is 6.80. The molecule has 0 aliphatic heterocycles. The third kappa shape index (κ3) is 6.26. The first-order chi connectivity index (χ1) is 17.9. The van der Waals surface area contributed by atoms with Gasteiger partial charge in [0.1, 0.15) is 12.1 Å². The third-order valence-corrected chi connectivity index (χ3v) is 6.80. The molecule has 0 spiro atoms. The van der Waals surface area contributed by atoms with E-state index in [0.717, 1.165) is 60.1 Å². The molecule has 0 radical (unpaired) electrons. The fraction of sp³-hybridized carbons (Fsp3) is 0.323. The largest absolute Gasteiger partial charge is 0.481 e. The summed E-state index contributed by atoms with van der Waals surface area (Å²) in [7, 11) is 0. The number of carbonyl (C=O) groups is 1. The number of pyridine rings is 1. The van der Waals surface area contributed by atoms with Crippen molar-refractivity contribution in [2.45, 2.75) is 53.0 Å². The molecule has 2 aromatic heterocycles. The van der Waals surface area contributed by atoms with Crippen LogP contribution in [-0.2, 0) is 11.3 Å². The molecule has 6 heteroatoms. The van der Waals surface area contributed by atoms with Gasteiger partial charge in [0, 0.05) is 66.7 Å². The number of fused-ring (bicyclic) bond motifs is 2. The zero-order chi connectivity index (χ0) is 26.4. The number of hydrogen-bond donors (Lipinski definition) is 1. The van der Waals surface area contributed by atoms with E-state index in [0.29, 0.717) is 17.6 Å². The normalized spacial score (nSPS) is 11.5. The summed E-state index contributed by atoms with van der Waals surface area (Å²) >= 11 is 0. The maximum absolute atomic E-state index is 12.8. The summed E-state index contributed by atoms with van der Waals surface area (Å²) in [6.07, 6.45) is 6.35. The second-order valence-electron chi connectivity index (χ2n) is 9.39. The molecule has 0 atom stereocenters. The van der Waals surface area contributed by atoms with E-state index in [2.05, 4.69) is 66.6 Å². The molecule has 2 heterocycles. The number of unbranched alkanes of at least 4 members (excludes halogenated alkanes) is 2. The summed E-state index contributed by atoms with van der Waals surface area (Å²) in [5, 5.41) is 11.0. The van der Waals surface area contributed by atoms with Crippen LogP contribution in [0.5, 0.6) is 0 Å². The van der Waals surface area contributed by atoms with Crippen molar-refractivity contribution in [3.63, 3.8) is 0 Å². The smallest absolute Gasteiger partial charge is 0.343 e. The molecule has 0 bridgehead atoms. The Kier molecular flexibility index (Phi) is 8.39. The van der Waals surface area contributed by atoms with Gasteiger partial charge in [-0.15, -0.1) is 0 Å². The van der Waals surface area contributed by atoms with Crippen molar-refractivity contribution in [2.24, 2.45) is 0 Å². The van der Waals surface area contributed by atoms with E-state index >= 15 is 0 Å². The van der Waals surface area contributed by atoms with Gasteiger partial charge in [-0.05, 0) is 70.0 Å². The molecule has 4 aromatic rings. The first-order valence-corrected chi connectivity index (χ1v) is 13.1. The number of hydrogen-bond acceptors (Lipinski definition) is 4. The zero-order valence-corrected chi connectivity index (χ0v) is 21.9. The summed E-state index contributed by atoms with van der Waals surface area (Å²) in [4.78, 5) is 25.9. The highest BCUT2D eigenvalue weighted by atomic mass is 16.4. The molecule has 0 amide bonds. The molecule has 2 aromatic carbocycles. The first-order valence-electron chi connectivity index (χ1n) is 13.1. The molecule has 0 aliphatic carbocycles. The van der Waals surface area contributed by atoms with Crippen LogP contribution in [0.25, 0.3) is 34.0 Å². The zero-order valence-electron chi connectivity index (χ0n) is 21.9. The topological polar surface area (TPSA) is 74.6 Å². The van der Waals surface area contributed by atoms with Crippen LogP contribution in [0, 0.1) is 6.92 Å². The lowest BCUT2D eigenvalue weighted by atomic mass is 10.1. The Morgan fingerprint density at radius 1 is 0.946 bits per heavy atom. The number of carboxylic acids is 1. The van der Waals surface area contributed by atoms with Gasteiger partial charge in [-0.1, -0.05) is 11.6 Å². The molecule has 1 N–H and O–H groups in total. The van der Waals surface area contributed by atoms with Crippen molar-refractivity contribution in [1.29, 1.82) is 0 Å². The monoisotopic (exact) mass is 499 g/mol. The number of aryl methyl sites for hydroxylation is 2. The minimum absolute atomic E-state index is 0.195. The molecule has 192 valence electrons. The van der Waals surface area contributed by atoms with Crippen molar-refractivity contribution in [3.05, 3.63) is 81.8 Å². The number of carboxylic acid groups (broad SMARTS) is 1. The highest BCUT2D eigenvalue weighted by molar-refractivity contribution is 5.84. The summed E-state index contributed by atoms with van der Waals surface area (Å²) in [6, 6.07) is 18.4. The number of aromatic nitrogens is 1. The molecule has 0 saturated carbocycles. The van der Waals surface area contributed by atoms with E-state index < -0.39 is 5.97 Å².